The molecule has 0 saturated heterocycles. The molecule has 5 heteroatoms. The van der Waals surface area contributed by atoms with Gasteiger partial charge in [-0.15, -0.1) is 0 Å². The van der Waals surface area contributed by atoms with Crippen molar-refractivity contribution in [1.82, 2.24) is 5.32 Å². The quantitative estimate of drug-likeness (QED) is 0.891. The Bertz CT molecular complexity index is 685. The molecular formula is C17H19NO3S. The maximum atomic E-state index is 12.4. The topological polar surface area (TPSA) is 55.4 Å². The first-order valence-electron chi connectivity index (χ1n) is 7.04. The number of rotatable bonds is 6. The number of para-hydroxylation sites is 1. The largest absolute Gasteiger partial charge is 0.496 e. The van der Waals surface area contributed by atoms with Crippen molar-refractivity contribution < 1.29 is 13.7 Å². The summed E-state index contributed by atoms with van der Waals surface area (Å²) in [6, 6.07) is 14.5. The Labute approximate surface area is 133 Å². The van der Waals surface area contributed by atoms with Crippen molar-refractivity contribution >= 4 is 16.7 Å². The van der Waals surface area contributed by atoms with Crippen LogP contribution in [0.1, 0.15) is 22.8 Å². The molecule has 2 aromatic rings. The average molecular weight is 317 g/mol. The summed E-state index contributed by atoms with van der Waals surface area (Å²) in [5.41, 5.74) is 1.35. The van der Waals surface area contributed by atoms with E-state index >= 15 is 0 Å². The number of amides is 1. The van der Waals surface area contributed by atoms with Crippen LogP contribution in [0.5, 0.6) is 5.75 Å². The predicted octanol–water partition coefficient (Wildman–Crippen LogP) is 2.75. The molecule has 116 valence electrons. The lowest BCUT2D eigenvalue weighted by Gasteiger charge is -2.11. The first-order valence-corrected chi connectivity index (χ1v) is 8.36. The fourth-order valence-corrected chi connectivity index (χ4v) is 3.08. The van der Waals surface area contributed by atoms with Crippen LogP contribution in [0.4, 0.5) is 0 Å². The van der Waals surface area contributed by atoms with Crippen LogP contribution in [0.3, 0.4) is 0 Å². The van der Waals surface area contributed by atoms with Gasteiger partial charge in [-0.05, 0) is 18.2 Å². The number of benzene rings is 2. The number of carbonyl (C=O) groups is 1. The van der Waals surface area contributed by atoms with Gasteiger partial charge < -0.3 is 10.1 Å². The van der Waals surface area contributed by atoms with Crippen molar-refractivity contribution in [3.05, 3.63) is 59.7 Å². The molecule has 1 atom stereocenters. The SMILES string of the molecule is CC[S@@](=O)c1ccccc1C(=O)NCc1ccccc1OC. The van der Waals surface area contributed by atoms with Crippen LogP contribution >= 0.6 is 0 Å². The summed E-state index contributed by atoms with van der Waals surface area (Å²) in [5.74, 6) is 0.980. The van der Waals surface area contributed by atoms with E-state index in [9.17, 15) is 9.00 Å². The van der Waals surface area contributed by atoms with Gasteiger partial charge in [-0.1, -0.05) is 37.3 Å². The smallest absolute Gasteiger partial charge is 0.252 e. The second-order valence-electron chi connectivity index (χ2n) is 4.62. The first-order chi connectivity index (χ1) is 10.7. The summed E-state index contributed by atoms with van der Waals surface area (Å²) in [4.78, 5) is 12.9. The Hall–Kier alpha value is -2.14. The van der Waals surface area contributed by atoms with Crippen LogP contribution in [-0.4, -0.2) is 23.0 Å². The van der Waals surface area contributed by atoms with Gasteiger partial charge in [0.15, 0.2) is 0 Å². The second-order valence-corrected chi connectivity index (χ2v) is 6.33. The molecule has 0 radical (unpaired) electrons. The molecule has 0 bridgehead atoms. The van der Waals surface area contributed by atoms with E-state index in [0.29, 0.717) is 22.8 Å². The first kappa shape index (κ1) is 16.2. The van der Waals surface area contributed by atoms with Crippen LogP contribution in [0.25, 0.3) is 0 Å². The highest BCUT2D eigenvalue weighted by atomic mass is 32.2. The Morgan fingerprint density at radius 3 is 2.55 bits per heavy atom. The lowest BCUT2D eigenvalue weighted by atomic mass is 10.1. The lowest BCUT2D eigenvalue weighted by Crippen LogP contribution is -2.24. The lowest BCUT2D eigenvalue weighted by molar-refractivity contribution is 0.0947. The van der Waals surface area contributed by atoms with Gasteiger partial charge in [-0.25, -0.2) is 0 Å². The number of hydrogen-bond donors (Lipinski definition) is 1. The molecule has 0 aromatic heterocycles. The molecule has 2 aromatic carbocycles. The Morgan fingerprint density at radius 2 is 1.82 bits per heavy atom. The normalized spacial score (nSPS) is 11.7. The summed E-state index contributed by atoms with van der Waals surface area (Å²) < 4.78 is 17.3. The minimum atomic E-state index is -1.16. The number of methoxy groups -OCH3 is 1. The number of nitrogens with one attached hydrogen (secondary N) is 1. The van der Waals surface area contributed by atoms with Crippen LogP contribution in [0, 0.1) is 0 Å². The maximum Gasteiger partial charge on any atom is 0.252 e. The van der Waals surface area contributed by atoms with Crippen LogP contribution in [0.2, 0.25) is 0 Å². The highest BCUT2D eigenvalue weighted by Crippen LogP contribution is 2.18. The van der Waals surface area contributed by atoms with Gasteiger partial charge >= 0.3 is 0 Å². The molecule has 0 saturated carbocycles. The molecule has 0 fully saturated rings. The maximum absolute atomic E-state index is 12.4. The fraction of sp³-hybridized carbons (Fsp3) is 0.235. The molecule has 1 amide bonds. The molecular weight excluding hydrogens is 298 g/mol. The van der Waals surface area contributed by atoms with Crippen LogP contribution in [-0.2, 0) is 17.3 Å². The van der Waals surface area contributed by atoms with Crippen LogP contribution in [0.15, 0.2) is 53.4 Å². The van der Waals surface area contributed by atoms with E-state index in [2.05, 4.69) is 5.32 Å². The minimum Gasteiger partial charge on any atom is -0.496 e. The third kappa shape index (κ3) is 3.74. The minimum absolute atomic E-state index is 0.233. The standard InChI is InChI=1S/C17H19NO3S/c1-3-22(20)16-11-7-5-9-14(16)17(19)18-12-13-8-4-6-10-15(13)21-2/h4-11H,3,12H2,1-2H3,(H,18,19)/t22-/m1/s1. The van der Waals surface area contributed by atoms with E-state index in [1.807, 2.05) is 31.2 Å². The van der Waals surface area contributed by atoms with Crippen molar-refractivity contribution in [2.45, 2.75) is 18.4 Å². The molecule has 0 aliphatic rings. The van der Waals surface area contributed by atoms with Gasteiger partial charge in [-0.2, -0.15) is 0 Å². The van der Waals surface area contributed by atoms with Crippen LogP contribution < -0.4 is 10.1 Å². The highest BCUT2D eigenvalue weighted by molar-refractivity contribution is 7.85. The molecule has 2 rings (SSSR count). The summed E-state index contributed by atoms with van der Waals surface area (Å²) >= 11 is 0. The molecule has 22 heavy (non-hydrogen) atoms. The summed E-state index contributed by atoms with van der Waals surface area (Å²) in [5, 5.41) is 2.86. The van der Waals surface area contributed by atoms with E-state index in [1.54, 1.807) is 31.4 Å². The van der Waals surface area contributed by atoms with Gasteiger partial charge in [-0.3, -0.25) is 9.00 Å². The van der Waals surface area contributed by atoms with Crippen molar-refractivity contribution in [1.29, 1.82) is 0 Å². The van der Waals surface area contributed by atoms with Gasteiger partial charge in [0.05, 0.1) is 28.4 Å². The molecule has 0 heterocycles. The Kier molecular flexibility index (Phi) is 5.72. The zero-order valence-corrected chi connectivity index (χ0v) is 13.5. The molecule has 0 aliphatic heterocycles. The van der Waals surface area contributed by atoms with Crippen molar-refractivity contribution in [3.63, 3.8) is 0 Å². The molecule has 0 aliphatic carbocycles. The molecule has 0 spiro atoms. The second kappa shape index (κ2) is 7.75. The van der Waals surface area contributed by atoms with E-state index in [1.165, 1.54) is 0 Å². The highest BCUT2D eigenvalue weighted by Gasteiger charge is 2.14. The van der Waals surface area contributed by atoms with Crippen molar-refractivity contribution in [2.24, 2.45) is 0 Å². The third-order valence-electron chi connectivity index (χ3n) is 3.27. The Balaban J connectivity index is 2.15. The zero-order chi connectivity index (χ0) is 15.9. The summed E-state index contributed by atoms with van der Waals surface area (Å²) in [7, 11) is 0.435. The predicted molar refractivity (Wildman–Crippen MR) is 87.6 cm³/mol. The van der Waals surface area contributed by atoms with Gasteiger partial charge in [0.2, 0.25) is 0 Å². The average Bonchev–Trinajstić information content (AvgIpc) is 2.59. The number of carbonyl (C=O) groups excluding carboxylic acids is 1. The molecule has 4 nitrogen and oxygen atoms in total. The summed E-state index contributed by atoms with van der Waals surface area (Å²) in [6.07, 6.45) is 0. The monoisotopic (exact) mass is 317 g/mol. The fourth-order valence-electron chi connectivity index (χ4n) is 2.13. The number of hydrogen-bond acceptors (Lipinski definition) is 3. The summed E-state index contributed by atoms with van der Waals surface area (Å²) in [6.45, 7) is 2.19. The molecule has 0 unspecified atom stereocenters. The van der Waals surface area contributed by atoms with Crippen molar-refractivity contribution in [2.75, 3.05) is 12.9 Å². The van der Waals surface area contributed by atoms with E-state index in [4.69, 9.17) is 4.74 Å². The molecule has 1 N–H and O–H groups in total. The van der Waals surface area contributed by atoms with E-state index in [-0.39, 0.29) is 5.91 Å². The van der Waals surface area contributed by atoms with Gasteiger partial charge in [0, 0.05) is 17.9 Å². The Morgan fingerprint density at radius 1 is 1.14 bits per heavy atom. The zero-order valence-electron chi connectivity index (χ0n) is 12.7. The van der Waals surface area contributed by atoms with E-state index < -0.39 is 10.8 Å². The third-order valence-corrected chi connectivity index (χ3v) is 4.64. The number of ether oxygens (including phenoxy) is 1. The van der Waals surface area contributed by atoms with E-state index in [0.717, 1.165) is 11.3 Å². The van der Waals surface area contributed by atoms with Gasteiger partial charge in [0.25, 0.3) is 5.91 Å². The van der Waals surface area contributed by atoms with Crippen molar-refractivity contribution in [3.8, 4) is 5.75 Å². The van der Waals surface area contributed by atoms with Gasteiger partial charge in [0.1, 0.15) is 5.75 Å².